The van der Waals surface area contributed by atoms with E-state index in [2.05, 4.69) is 29.8 Å². The molecule has 3 aromatic rings. The average Bonchev–Trinajstić information content (AvgIpc) is 3.60. The SMILES string of the molecule is O=S(=O)(Nc1cccc(N2CCN(Cc3cn(-c4ccc(C(F)(F)F)cc4)nn3)CC2)n1)C1CC1. The van der Waals surface area contributed by atoms with Gasteiger partial charge in [0.1, 0.15) is 11.6 Å². The van der Waals surface area contributed by atoms with Crippen LogP contribution < -0.4 is 9.62 Å². The second-order valence-electron chi connectivity index (χ2n) is 8.69. The Hall–Kier alpha value is -3.19. The monoisotopic (exact) mass is 507 g/mol. The van der Waals surface area contributed by atoms with Crippen molar-refractivity contribution in [2.24, 2.45) is 0 Å². The van der Waals surface area contributed by atoms with Crippen LogP contribution in [-0.2, 0) is 22.7 Å². The highest BCUT2D eigenvalue weighted by molar-refractivity contribution is 7.93. The normalized spacial score (nSPS) is 17.5. The van der Waals surface area contributed by atoms with E-state index in [4.69, 9.17) is 0 Å². The van der Waals surface area contributed by atoms with E-state index in [1.54, 1.807) is 18.3 Å². The Labute approximate surface area is 200 Å². The maximum absolute atomic E-state index is 12.8. The smallest absolute Gasteiger partial charge is 0.354 e. The number of halogens is 3. The first-order valence-corrected chi connectivity index (χ1v) is 12.8. The summed E-state index contributed by atoms with van der Waals surface area (Å²) in [6.07, 6.45) is -1.29. The number of pyridine rings is 1. The van der Waals surface area contributed by atoms with Crippen LogP contribution in [0.15, 0.2) is 48.7 Å². The summed E-state index contributed by atoms with van der Waals surface area (Å²) in [6, 6.07) is 10.1. The summed E-state index contributed by atoms with van der Waals surface area (Å²) in [4.78, 5) is 8.79. The van der Waals surface area contributed by atoms with Crippen molar-refractivity contribution >= 4 is 21.7 Å². The van der Waals surface area contributed by atoms with Crippen LogP contribution in [0.2, 0.25) is 0 Å². The maximum atomic E-state index is 12.8. The van der Waals surface area contributed by atoms with E-state index in [1.165, 1.54) is 16.8 Å². The standard InChI is InChI=1S/C22H24F3N7O2S/c23-22(24,25)16-4-6-18(7-5-16)32-15-17(27-29-32)14-30-10-12-31(13-11-30)21-3-1-2-20(26-21)28-35(33,34)19-8-9-19/h1-7,15,19H,8-14H2,(H,26,28). The number of sulfonamides is 1. The Morgan fingerprint density at radius 1 is 1.00 bits per heavy atom. The number of anilines is 2. The molecule has 2 aliphatic rings. The van der Waals surface area contributed by atoms with E-state index in [1.807, 2.05) is 6.07 Å². The molecule has 1 saturated heterocycles. The van der Waals surface area contributed by atoms with Crippen molar-refractivity contribution in [1.29, 1.82) is 0 Å². The molecule has 1 aliphatic carbocycles. The fourth-order valence-corrected chi connectivity index (χ4v) is 5.26. The number of nitrogens with zero attached hydrogens (tertiary/aromatic N) is 6. The lowest BCUT2D eigenvalue weighted by Gasteiger charge is -2.35. The molecular weight excluding hydrogens is 483 g/mol. The average molecular weight is 508 g/mol. The van der Waals surface area contributed by atoms with E-state index < -0.39 is 21.8 Å². The molecule has 0 radical (unpaired) electrons. The Bertz CT molecular complexity index is 1280. The summed E-state index contributed by atoms with van der Waals surface area (Å²) in [5.74, 6) is 1.05. The Balaban J connectivity index is 1.16. The van der Waals surface area contributed by atoms with Crippen molar-refractivity contribution in [1.82, 2.24) is 24.9 Å². The minimum absolute atomic E-state index is 0.311. The van der Waals surface area contributed by atoms with E-state index in [0.717, 1.165) is 25.2 Å². The van der Waals surface area contributed by atoms with Gasteiger partial charge in [0.2, 0.25) is 10.0 Å². The van der Waals surface area contributed by atoms with Crippen LogP contribution >= 0.6 is 0 Å². The molecule has 9 nitrogen and oxygen atoms in total. The third-order valence-corrected chi connectivity index (χ3v) is 7.87. The number of nitrogens with one attached hydrogen (secondary N) is 1. The largest absolute Gasteiger partial charge is 0.416 e. The number of hydrogen-bond donors (Lipinski definition) is 1. The van der Waals surface area contributed by atoms with Gasteiger partial charge < -0.3 is 4.90 Å². The van der Waals surface area contributed by atoms with Crippen molar-refractivity contribution in [3.05, 3.63) is 59.9 Å². The van der Waals surface area contributed by atoms with Gasteiger partial charge in [-0.25, -0.2) is 18.1 Å². The van der Waals surface area contributed by atoms with Crippen LogP contribution in [0.1, 0.15) is 24.1 Å². The maximum Gasteiger partial charge on any atom is 0.416 e. The lowest BCUT2D eigenvalue weighted by Crippen LogP contribution is -2.46. The van der Waals surface area contributed by atoms with Gasteiger partial charge in [-0.05, 0) is 49.2 Å². The molecule has 13 heteroatoms. The van der Waals surface area contributed by atoms with E-state index in [0.29, 0.717) is 55.5 Å². The van der Waals surface area contributed by atoms with Crippen LogP contribution in [0.3, 0.4) is 0 Å². The van der Waals surface area contributed by atoms with Gasteiger partial charge in [-0.15, -0.1) is 5.10 Å². The quantitative estimate of drug-likeness (QED) is 0.525. The molecular formula is C22H24F3N7O2S. The van der Waals surface area contributed by atoms with Crippen LogP contribution in [0.4, 0.5) is 24.8 Å². The zero-order valence-corrected chi connectivity index (χ0v) is 19.5. The van der Waals surface area contributed by atoms with E-state index in [9.17, 15) is 21.6 Å². The van der Waals surface area contributed by atoms with Gasteiger partial charge in [0, 0.05) is 32.7 Å². The van der Waals surface area contributed by atoms with E-state index in [-0.39, 0.29) is 5.25 Å². The first-order valence-electron chi connectivity index (χ1n) is 11.2. The molecule has 0 amide bonds. The van der Waals surface area contributed by atoms with Gasteiger partial charge >= 0.3 is 6.18 Å². The highest BCUT2D eigenvalue weighted by Crippen LogP contribution is 2.30. The number of alkyl halides is 3. The molecule has 5 rings (SSSR count). The minimum atomic E-state index is -4.38. The fourth-order valence-electron chi connectivity index (χ4n) is 3.93. The predicted molar refractivity (Wildman–Crippen MR) is 124 cm³/mol. The van der Waals surface area contributed by atoms with Gasteiger partial charge in [0.15, 0.2) is 0 Å². The molecule has 1 N–H and O–H groups in total. The summed E-state index contributed by atoms with van der Waals surface area (Å²) in [5.41, 5.74) is 0.512. The Kier molecular flexibility index (Phi) is 6.13. The zero-order chi connectivity index (χ0) is 24.6. The van der Waals surface area contributed by atoms with Crippen molar-refractivity contribution in [3.8, 4) is 5.69 Å². The third kappa shape index (κ3) is 5.56. The van der Waals surface area contributed by atoms with E-state index >= 15 is 0 Å². The highest BCUT2D eigenvalue weighted by Gasteiger charge is 2.36. The van der Waals surface area contributed by atoms with Crippen molar-refractivity contribution < 1.29 is 21.6 Å². The van der Waals surface area contributed by atoms with Gasteiger partial charge in [-0.1, -0.05) is 11.3 Å². The molecule has 1 aromatic carbocycles. The van der Waals surface area contributed by atoms with Crippen molar-refractivity contribution in [2.45, 2.75) is 30.8 Å². The molecule has 2 aromatic heterocycles. The molecule has 0 bridgehead atoms. The molecule has 3 heterocycles. The third-order valence-electron chi connectivity index (χ3n) is 6.03. The van der Waals surface area contributed by atoms with Crippen LogP contribution in [-0.4, -0.2) is 64.7 Å². The second-order valence-corrected chi connectivity index (χ2v) is 10.7. The highest BCUT2D eigenvalue weighted by atomic mass is 32.2. The van der Waals surface area contributed by atoms with Crippen LogP contribution in [0.5, 0.6) is 0 Å². The molecule has 0 atom stereocenters. The summed E-state index contributed by atoms with van der Waals surface area (Å²) in [7, 11) is -3.36. The van der Waals surface area contributed by atoms with Crippen molar-refractivity contribution in [3.63, 3.8) is 0 Å². The second kappa shape index (κ2) is 9.11. The molecule has 1 saturated carbocycles. The number of piperazine rings is 1. The molecule has 1 aliphatic heterocycles. The summed E-state index contributed by atoms with van der Waals surface area (Å²) in [6.45, 7) is 3.46. The lowest BCUT2D eigenvalue weighted by molar-refractivity contribution is -0.137. The van der Waals surface area contributed by atoms with Crippen LogP contribution in [0.25, 0.3) is 5.69 Å². The Morgan fingerprint density at radius 3 is 2.37 bits per heavy atom. The molecule has 0 unspecified atom stereocenters. The van der Waals surface area contributed by atoms with Gasteiger partial charge in [0.25, 0.3) is 0 Å². The molecule has 186 valence electrons. The number of hydrogen-bond acceptors (Lipinski definition) is 7. The van der Waals surface area contributed by atoms with Gasteiger partial charge in [-0.2, -0.15) is 13.2 Å². The molecule has 2 fully saturated rings. The number of aromatic nitrogens is 4. The van der Waals surface area contributed by atoms with Crippen molar-refractivity contribution in [2.75, 3.05) is 35.8 Å². The summed E-state index contributed by atoms with van der Waals surface area (Å²) in [5, 5.41) is 7.89. The Morgan fingerprint density at radius 2 is 1.71 bits per heavy atom. The summed E-state index contributed by atoms with van der Waals surface area (Å²) >= 11 is 0. The first kappa shape index (κ1) is 23.5. The molecule has 35 heavy (non-hydrogen) atoms. The number of rotatable bonds is 7. The topological polar surface area (TPSA) is 96.2 Å². The lowest BCUT2D eigenvalue weighted by atomic mass is 10.2. The zero-order valence-electron chi connectivity index (χ0n) is 18.7. The van der Waals surface area contributed by atoms with Gasteiger partial charge in [-0.3, -0.25) is 9.62 Å². The predicted octanol–water partition coefficient (Wildman–Crippen LogP) is 2.91. The van der Waals surface area contributed by atoms with Gasteiger partial charge in [0.05, 0.1) is 28.4 Å². The number of benzene rings is 1. The first-order chi connectivity index (χ1) is 16.7. The minimum Gasteiger partial charge on any atom is -0.354 e. The summed E-state index contributed by atoms with van der Waals surface area (Å²) < 4.78 is 66.7. The fraction of sp³-hybridized carbons (Fsp3) is 0.409. The van der Waals surface area contributed by atoms with Crippen LogP contribution in [0, 0.1) is 0 Å². The molecule has 0 spiro atoms.